The van der Waals surface area contributed by atoms with E-state index in [2.05, 4.69) is 36.0 Å². The summed E-state index contributed by atoms with van der Waals surface area (Å²) in [5, 5.41) is 11.7. The molecule has 0 radical (unpaired) electrons. The molecule has 1 heterocycles. The van der Waals surface area contributed by atoms with Gasteiger partial charge in [0.25, 0.3) is 5.91 Å². The van der Waals surface area contributed by atoms with Crippen LogP contribution in [-0.2, 0) is 0 Å². The summed E-state index contributed by atoms with van der Waals surface area (Å²) in [6, 6.07) is 3.61. The molecule has 20 heavy (non-hydrogen) atoms. The van der Waals surface area contributed by atoms with E-state index in [0.29, 0.717) is 23.6 Å². The Kier molecular flexibility index (Phi) is 6.75. The average molecular weight is 274 g/mol. The number of hydrogen-bond donors (Lipinski definition) is 2. The van der Waals surface area contributed by atoms with E-state index in [9.17, 15) is 4.79 Å². The topological polar surface area (TPSA) is 62.2 Å². The Labute approximate surface area is 120 Å². The number of carbonyl (C=O) groups is 1. The quantitative estimate of drug-likeness (QED) is 0.807. The summed E-state index contributed by atoms with van der Waals surface area (Å²) in [5.74, 6) is 6.01. The maximum atomic E-state index is 12.2. The maximum absolute atomic E-state index is 12.2. The lowest BCUT2D eigenvalue weighted by atomic mass is 10.0. The second-order valence-corrected chi connectivity index (χ2v) is 5.18. The van der Waals surface area contributed by atoms with Crippen molar-refractivity contribution in [3.8, 4) is 11.8 Å². The van der Waals surface area contributed by atoms with Crippen LogP contribution >= 0.6 is 0 Å². The number of hydrogen-bond acceptors (Lipinski definition) is 3. The number of nitrogens with one attached hydrogen (secondary N) is 1. The fourth-order valence-electron chi connectivity index (χ4n) is 1.96. The first-order chi connectivity index (χ1) is 9.54. The van der Waals surface area contributed by atoms with Crippen LogP contribution in [0.15, 0.2) is 18.3 Å². The molecule has 0 aliphatic rings. The van der Waals surface area contributed by atoms with Crippen molar-refractivity contribution in [3.05, 3.63) is 29.6 Å². The molecule has 0 aromatic carbocycles. The number of aliphatic hydroxyl groups excluding tert-OH is 1. The fraction of sp³-hybridized carbons (Fsp3) is 0.500. The molecule has 108 valence electrons. The van der Waals surface area contributed by atoms with E-state index in [0.717, 1.165) is 6.42 Å². The van der Waals surface area contributed by atoms with Crippen LogP contribution < -0.4 is 5.32 Å². The van der Waals surface area contributed by atoms with Gasteiger partial charge in [0.2, 0.25) is 0 Å². The van der Waals surface area contributed by atoms with Gasteiger partial charge in [-0.3, -0.25) is 4.79 Å². The highest BCUT2D eigenvalue weighted by Crippen LogP contribution is 2.07. The van der Waals surface area contributed by atoms with Crippen molar-refractivity contribution < 1.29 is 9.90 Å². The zero-order valence-corrected chi connectivity index (χ0v) is 12.3. The van der Waals surface area contributed by atoms with E-state index >= 15 is 0 Å². The second-order valence-electron chi connectivity index (χ2n) is 5.18. The van der Waals surface area contributed by atoms with Crippen LogP contribution in [0.5, 0.6) is 0 Å². The van der Waals surface area contributed by atoms with Crippen molar-refractivity contribution in [2.24, 2.45) is 5.92 Å². The highest BCUT2D eigenvalue weighted by Gasteiger charge is 2.14. The second kappa shape index (κ2) is 8.34. The summed E-state index contributed by atoms with van der Waals surface area (Å²) in [7, 11) is 0. The first-order valence-electron chi connectivity index (χ1n) is 6.90. The molecule has 1 rings (SSSR count). The fourth-order valence-corrected chi connectivity index (χ4v) is 1.96. The van der Waals surface area contributed by atoms with Crippen molar-refractivity contribution >= 4 is 5.91 Å². The smallest absolute Gasteiger partial charge is 0.271 e. The number of pyridine rings is 1. The van der Waals surface area contributed by atoms with Gasteiger partial charge >= 0.3 is 0 Å². The number of rotatable bonds is 5. The molecular weight excluding hydrogens is 252 g/mol. The summed E-state index contributed by atoms with van der Waals surface area (Å²) in [4.78, 5) is 16.3. The Balaban J connectivity index is 2.80. The third-order valence-corrected chi connectivity index (χ3v) is 2.69. The van der Waals surface area contributed by atoms with Gasteiger partial charge in [-0.15, -0.1) is 0 Å². The van der Waals surface area contributed by atoms with E-state index < -0.39 is 0 Å². The van der Waals surface area contributed by atoms with E-state index in [-0.39, 0.29) is 18.6 Å². The van der Waals surface area contributed by atoms with Crippen molar-refractivity contribution in [3.63, 3.8) is 0 Å². The summed E-state index contributed by atoms with van der Waals surface area (Å²) in [6.45, 7) is 6.24. The van der Waals surface area contributed by atoms with Gasteiger partial charge < -0.3 is 10.4 Å². The molecule has 4 heteroatoms. The van der Waals surface area contributed by atoms with Crippen LogP contribution in [-0.4, -0.2) is 28.6 Å². The van der Waals surface area contributed by atoms with E-state index in [1.807, 2.05) is 6.92 Å². The Hall–Kier alpha value is -1.86. The third-order valence-electron chi connectivity index (χ3n) is 2.69. The molecule has 0 aliphatic carbocycles. The van der Waals surface area contributed by atoms with Crippen LogP contribution in [0.2, 0.25) is 0 Å². The first-order valence-corrected chi connectivity index (χ1v) is 6.90. The third kappa shape index (κ3) is 5.41. The van der Waals surface area contributed by atoms with E-state index in [1.54, 1.807) is 18.3 Å². The minimum atomic E-state index is -0.202. The van der Waals surface area contributed by atoms with Gasteiger partial charge in [-0.2, -0.15) is 0 Å². The molecule has 0 fully saturated rings. The molecule has 1 amide bonds. The lowest BCUT2D eigenvalue weighted by Gasteiger charge is -2.15. The van der Waals surface area contributed by atoms with Gasteiger partial charge in [0.15, 0.2) is 0 Å². The van der Waals surface area contributed by atoms with Gasteiger partial charge in [0.1, 0.15) is 5.69 Å². The molecule has 1 unspecified atom stereocenters. The molecule has 0 saturated carbocycles. The predicted octanol–water partition coefficient (Wildman–Crippen LogP) is 1.98. The zero-order valence-electron chi connectivity index (χ0n) is 12.3. The van der Waals surface area contributed by atoms with E-state index in [4.69, 9.17) is 5.11 Å². The number of carbonyl (C=O) groups excluding carboxylic acids is 1. The Morgan fingerprint density at radius 1 is 1.45 bits per heavy atom. The lowest BCUT2D eigenvalue weighted by Crippen LogP contribution is -2.34. The van der Waals surface area contributed by atoms with Gasteiger partial charge in [-0.25, -0.2) is 4.98 Å². The van der Waals surface area contributed by atoms with Crippen molar-refractivity contribution in [1.82, 2.24) is 10.3 Å². The summed E-state index contributed by atoms with van der Waals surface area (Å²) >= 11 is 0. The molecule has 1 aromatic heterocycles. The number of amides is 1. The van der Waals surface area contributed by atoms with Gasteiger partial charge in [-0.1, -0.05) is 25.7 Å². The molecule has 2 N–H and O–H groups in total. The molecule has 1 aromatic rings. The Morgan fingerprint density at radius 3 is 2.85 bits per heavy atom. The number of nitrogens with zero attached hydrogens (tertiary/aromatic N) is 1. The predicted molar refractivity (Wildman–Crippen MR) is 79.2 cm³/mol. The van der Waals surface area contributed by atoms with Crippen LogP contribution in [0, 0.1) is 17.8 Å². The summed E-state index contributed by atoms with van der Waals surface area (Å²) in [6.07, 6.45) is 2.89. The van der Waals surface area contributed by atoms with Gasteiger partial charge in [-0.05, 0) is 31.4 Å². The molecule has 4 nitrogen and oxygen atoms in total. The maximum Gasteiger partial charge on any atom is 0.271 e. The average Bonchev–Trinajstić information content (AvgIpc) is 2.38. The molecule has 0 spiro atoms. The Morgan fingerprint density at radius 2 is 2.20 bits per heavy atom. The van der Waals surface area contributed by atoms with Crippen LogP contribution in [0.3, 0.4) is 0 Å². The summed E-state index contributed by atoms with van der Waals surface area (Å²) < 4.78 is 0. The molecule has 1 atom stereocenters. The SMILES string of the molecule is CC(C)CC(C)NC(=O)c1ncccc1C#CCCO. The van der Waals surface area contributed by atoms with Crippen molar-refractivity contribution in [2.75, 3.05) is 6.61 Å². The monoisotopic (exact) mass is 274 g/mol. The molecule has 0 bridgehead atoms. The largest absolute Gasteiger partial charge is 0.395 e. The zero-order chi connectivity index (χ0) is 15.0. The van der Waals surface area contributed by atoms with E-state index in [1.165, 1.54) is 0 Å². The van der Waals surface area contributed by atoms with Crippen LogP contribution in [0.1, 0.15) is 49.7 Å². The van der Waals surface area contributed by atoms with Gasteiger partial charge in [0, 0.05) is 18.7 Å². The molecule has 0 saturated heterocycles. The standard InChI is InChI=1S/C16H22N2O2/c1-12(2)11-13(3)18-16(20)15-14(7-4-5-10-19)8-6-9-17-15/h6,8-9,12-13,19H,5,10-11H2,1-3H3,(H,18,20). The highest BCUT2D eigenvalue weighted by atomic mass is 16.2. The lowest BCUT2D eigenvalue weighted by molar-refractivity contribution is 0.0931. The first kappa shape index (κ1) is 16.2. The molecular formula is C16H22N2O2. The summed E-state index contributed by atoms with van der Waals surface area (Å²) in [5.41, 5.74) is 0.934. The van der Waals surface area contributed by atoms with Crippen LogP contribution in [0.25, 0.3) is 0 Å². The van der Waals surface area contributed by atoms with Gasteiger partial charge in [0.05, 0.1) is 12.2 Å². The number of aliphatic hydroxyl groups is 1. The van der Waals surface area contributed by atoms with Crippen molar-refractivity contribution in [1.29, 1.82) is 0 Å². The Bertz CT molecular complexity index is 501. The normalized spacial score (nSPS) is 11.7. The minimum Gasteiger partial charge on any atom is -0.395 e. The highest BCUT2D eigenvalue weighted by molar-refractivity contribution is 5.94. The minimum absolute atomic E-state index is 0.0141. The number of aromatic nitrogens is 1. The van der Waals surface area contributed by atoms with Crippen LogP contribution in [0.4, 0.5) is 0 Å². The van der Waals surface area contributed by atoms with Crippen molar-refractivity contribution in [2.45, 2.75) is 39.7 Å². The molecule has 0 aliphatic heterocycles.